The zero-order valence-electron chi connectivity index (χ0n) is 8.33. The van der Waals surface area contributed by atoms with Crippen molar-refractivity contribution in [1.29, 1.82) is 0 Å². The first-order chi connectivity index (χ1) is 5.52. The summed E-state index contributed by atoms with van der Waals surface area (Å²) in [4.78, 5) is 0. The predicted molar refractivity (Wildman–Crippen MR) is 50.7 cm³/mol. The highest BCUT2D eigenvalue weighted by atomic mass is 16.3. The van der Waals surface area contributed by atoms with Crippen LogP contribution < -0.4 is 5.73 Å². The number of aliphatic hydroxyl groups is 1. The molecule has 2 heteroatoms. The summed E-state index contributed by atoms with van der Waals surface area (Å²) in [6.45, 7) is 6.59. The van der Waals surface area contributed by atoms with Crippen molar-refractivity contribution < 1.29 is 5.11 Å². The van der Waals surface area contributed by atoms with Crippen LogP contribution in [-0.4, -0.2) is 17.3 Å². The van der Waals surface area contributed by atoms with Crippen LogP contribution in [-0.2, 0) is 0 Å². The molecule has 4 atom stereocenters. The molecular weight excluding hydrogens is 150 g/mol. The van der Waals surface area contributed by atoms with E-state index in [0.717, 1.165) is 6.42 Å². The molecule has 0 aromatic rings. The second-order valence-electron chi connectivity index (χ2n) is 4.60. The molecule has 0 bridgehead atoms. The van der Waals surface area contributed by atoms with Gasteiger partial charge in [-0.1, -0.05) is 20.8 Å². The van der Waals surface area contributed by atoms with Gasteiger partial charge >= 0.3 is 0 Å². The summed E-state index contributed by atoms with van der Waals surface area (Å²) in [6.07, 6.45) is 1.79. The van der Waals surface area contributed by atoms with E-state index in [2.05, 4.69) is 20.8 Å². The Bertz CT molecular complexity index is 135. The van der Waals surface area contributed by atoms with E-state index in [1.165, 1.54) is 6.42 Å². The first kappa shape index (κ1) is 10.0. The van der Waals surface area contributed by atoms with Gasteiger partial charge in [-0.2, -0.15) is 0 Å². The van der Waals surface area contributed by atoms with Gasteiger partial charge in [-0.15, -0.1) is 0 Å². The predicted octanol–water partition coefficient (Wildman–Crippen LogP) is 1.38. The minimum atomic E-state index is -0.277. The van der Waals surface area contributed by atoms with Crippen LogP contribution in [0.3, 0.4) is 0 Å². The summed E-state index contributed by atoms with van der Waals surface area (Å²) in [7, 11) is 0. The van der Waals surface area contributed by atoms with E-state index < -0.39 is 0 Å². The van der Waals surface area contributed by atoms with Crippen LogP contribution in [0.1, 0.15) is 33.6 Å². The second kappa shape index (κ2) is 3.75. The van der Waals surface area contributed by atoms with Crippen molar-refractivity contribution in [2.45, 2.75) is 45.8 Å². The average molecular weight is 171 g/mol. The van der Waals surface area contributed by atoms with Crippen LogP contribution in [0.5, 0.6) is 0 Å². The minimum absolute atomic E-state index is 0.000000000000000222. The molecule has 1 aliphatic rings. The Balaban J connectivity index is 2.53. The molecule has 1 unspecified atom stereocenters. The molecule has 0 aromatic heterocycles. The van der Waals surface area contributed by atoms with Crippen molar-refractivity contribution in [3.63, 3.8) is 0 Å². The smallest absolute Gasteiger partial charge is 0.0696 e. The minimum Gasteiger partial charge on any atom is -0.391 e. The van der Waals surface area contributed by atoms with Crippen LogP contribution in [0.15, 0.2) is 0 Å². The third-order valence-corrected chi connectivity index (χ3v) is 3.26. The van der Waals surface area contributed by atoms with Crippen molar-refractivity contribution in [3.05, 3.63) is 0 Å². The first-order valence-electron chi connectivity index (χ1n) is 4.96. The quantitative estimate of drug-likeness (QED) is 0.626. The molecule has 1 fully saturated rings. The van der Waals surface area contributed by atoms with Gasteiger partial charge in [0.05, 0.1) is 6.10 Å². The molecule has 0 aromatic carbocycles. The largest absolute Gasteiger partial charge is 0.391 e. The number of rotatable bonds is 1. The van der Waals surface area contributed by atoms with E-state index in [-0.39, 0.29) is 12.1 Å². The second-order valence-corrected chi connectivity index (χ2v) is 4.60. The van der Waals surface area contributed by atoms with Gasteiger partial charge in [0.1, 0.15) is 0 Å². The standard InChI is InChI=1S/C10H21NO/c1-6(2)8-4-7(3)10(11)9(12)5-8/h6-10,12H,4-5,11H2,1-3H3/t7?,8-,9-,10-/m0/s1. The Hall–Kier alpha value is -0.0800. The lowest BCUT2D eigenvalue weighted by Crippen LogP contribution is -2.46. The van der Waals surface area contributed by atoms with Crippen molar-refractivity contribution >= 4 is 0 Å². The van der Waals surface area contributed by atoms with Gasteiger partial charge in [0.15, 0.2) is 0 Å². The SMILES string of the molecule is CC(C)[C@H]1CC(C)[C@H](N)[C@@H](O)C1. The van der Waals surface area contributed by atoms with Crippen molar-refractivity contribution in [2.24, 2.45) is 23.5 Å². The van der Waals surface area contributed by atoms with Crippen LogP contribution in [0.4, 0.5) is 0 Å². The number of aliphatic hydroxyl groups excluding tert-OH is 1. The molecule has 0 aliphatic heterocycles. The summed E-state index contributed by atoms with van der Waals surface area (Å²) in [5.41, 5.74) is 5.83. The Kier molecular flexibility index (Phi) is 3.13. The topological polar surface area (TPSA) is 46.2 Å². The zero-order valence-corrected chi connectivity index (χ0v) is 8.33. The molecule has 1 rings (SSSR count). The Morgan fingerprint density at radius 2 is 1.92 bits per heavy atom. The Morgan fingerprint density at radius 1 is 1.33 bits per heavy atom. The summed E-state index contributed by atoms with van der Waals surface area (Å²) in [6, 6.07) is -0.000000000000000222. The highest BCUT2D eigenvalue weighted by molar-refractivity contribution is 4.87. The fraction of sp³-hybridized carbons (Fsp3) is 1.00. The fourth-order valence-electron chi connectivity index (χ4n) is 2.12. The van der Waals surface area contributed by atoms with Crippen LogP contribution >= 0.6 is 0 Å². The molecule has 0 amide bonds. The van der Waals surface area contributed by atoms with Gasteiger partial charge in [0.2, 0.25) is 0 Å². The van der Waals surface area contributed by atoms with Gasteiger partial charge in [-0.3, -0.25) is 0 Å². The average Bonchev–Trinajstić information content (AvgIpc) is 1.99. The van der Waals surface area contributed by atoms with E-state index in [0.29, 0.717) is 17.8 Å². The highest BCUT2D eigenvalue weighted by Crippen LogP contribution is 2.32. The van der Waals surface area contributed by atoms with Gasteiger partial charge in [0.25, 0.3) is 0 Å². The monoisotopic (exact) mass is 171 g/mol. The third-order valence-electron chi connectivity index (χ3n) is 3.26. The maximum Gasteiger partial charge on any atom is 0.0696 e. The van der Waals surface area contributed by atoms with Crippen molar-refractivity contribution in [3.8, 4) is 0 Å². The molecule has 72 valence electrons. The van der Waals surface area contributed by atoms with Crippen LogP contribution in [0.25, 0.3) is 0 Å². The Labute approximate surface area is 75.2 Å². The summed E-state index contributed by atoms with van der Waals surface area (Å²) in [5, 5.41) is 9.64. The number of hydrogen-bond donors (Lipinski definition) is 2. The van der Waals surface area contributed by atoms with E-state index in [1.54, 1.807) is 0 Å². The van der Waals surface area contributed by atoms with Gasteiger partial charge in [-0.25, -0.2) is 0 Å². The van der Waals surface area contributed by atoms with Crippen molar-refractivity contribution in [1.82, 2.24) is 0 Å². The maximum atomic E-state index is 9.64. The molecule has 12 heavy (non-hydrogen) atoms. The molecule has 2 nitrogen and oxygen atoms in total. The number of hydrogen-bond acceptors (Lipinski definition) is 2. The normalized spacial score (nSPS) is 43.5. The summed E-state index contributed by atoms with van der Waals surface area (Å²) >= 11 is 0. The molecule has 0 radical (unpaired) electrons. The summed E-state index contributed by atoms with van der Waals surface area (Å²) in [5.74, 6) is 1.81. The van der Waals surface area contributed by atoms with Gasteiger partial charge in [-0.05, 0) is 30.6 Å². The first-order valence-corrected chi connectivity index (χ1v) is 4.96. The molecule has 0 spiro atoms. The van der Waals surface area contributed by atoms with Gasteiger partial charge in [0, 0.05) is 6.04 Å². The van der Waals surface area contributed by atoms with Crippen molar-refractivity contribution in [2.75, 3.05) is 0 Å². The molecule has 0 heterocycles. The van der Waals surface area contributed by atoms with Crippen LogP contribution in [0.2, 0.25) is 0 Å². The lowest BCUT2D eigenvalue weighted by molar-refractivity contribution is 0.0391. The van der Waals surface area contributed by atoms with Gasteiger partial charge < -0.3 is 10.8 Å². The van der Waals surface area contributed by atoms with E-state index >= 15 is 0 Å². The molecule has 0 saturated heterocycles. The maximum absolute atomic E-state index is 9.64. The molecule has 1 saturated carbocycles. The molecule has 3 N–H and O–H groups in total. The fourth-order valence-corrected chi connectivity index (χ4v) is 2.12. The summed E-state index contributed by atoms with van der Waals surface area (Å²) < 4.78 is 0. The Morgan fingerprint density at radius 3 is 2.33 bits per heavy atom. The third kappa shape index (κ3) is 1.99. The molecule has 1 aliphatic carbocycles. The zero-order chi connectivity index (χ0) is 9.30. The molecular formula is C10H21NO. The van der Waals surface area contributed by atoms with E-state index in [4.69, 9.17) is 5.73 Å². The van der Waals surface area contributed by atoms with Crippen LogP contribution in [0, 0.1) is 17.8 Å². The number of nitrogens with two attached hydrogens (primary N) is 1. The lowest BCUT2D eigenvalue weighted by Gasteiger charge is -2.37. The van der Waals surface area contributed by atoms with E-state index in [9.17, 15) is 5.11 Å². The lowest BCUT2D eigenvalue weighted by atomic mass is 9.73. The van der Waals surface area contributed by atoms with E-state index in [1.807, 2.05) is 0 Å². The highest BCUT2D eigenvalue weighted by Gasteiger charge is 2.32.